The highest BCUT2D eigenvalue weighted by molar-refractivity contribution is 5.54. The molecule has 0 amide bonds. The summed E-state index contributed by atoms with van der Waals surface area (Å²) in [5, 5.41) is 17.8. The Morgan fingerprint density at radius 1 is 1.50 bits per heavy atom. The number of aryl methyl sites for hydroxylation is 1. The number of rotatable bonds is 5. The smallest absolute Gasteiger partial charge is 0.311 e. The van der Waals surface area contributed by atoms with Crippen LogP contribution in [0.15, 0.2) is 24.7 Å². The molecule has 0 aromatic carbocycles. The summed E-state index contributed by atoms with van der Waals surface area (Å²) in [6.45, 7) is 0.488. The van der Waals surface area contributed by atoms with Gasteiger partial charge in [0.2, 0.25) is 5.82 Å². The SMILES string of the molecule is Cn1cnc(CCNc2ncccc2[N+](=O)[O-])n1. The molecule has 18 heavy (non-hydrogen) atoms. The molecule has 0 fully saturated rings. The van der Waals surface area contributed by atoms with Gasteiger partial charge in [0.1, 0.15) is 6.33 Å². The fourth-order valence-corrected chi connectivity index (χ4v) is 1.47. The zero-order chi connectivity index (χ0) is 13.0. The lowest BCUT2D eigenvalue weighted by Gasteiger charge is -2.03. The largest absolute Gasteiger partial charge is 0.364 e. The number of hydrogen-bond donors (Lipinski definition) is 1. The summed E-state index contributed by atoms with van der Waals surface area (Å²) in [4.78, 5) is 18.3. The summed E-state index contributed by atoms with van der Waals surface area (Å²) in [6.07, 6.45) is 3.70. The molecule has 2 rings (SSSR count). The number of nitrogens with zero attached hydrogens (tertiary/aromatic N) is 5. The van der Waals surface area contributed by atoms with Crippen LogP contribution in [-0.4, -0.2) is 31.2 Å². The molecule has 0 aliphatic rings. The first-order chi connectivity index (χ1) is 8.66. The molecule has 2 aromatic heterocycles. The van der Waals surface area contributed by atoms with Crippen molar-refractivity contribution in [3.8, 4) is 0 Å². The second-order valence-electron chi connectivity index (χ2n) is 3.64. The van der Waals surface area contributed by atoms with Crippen molar-refractivity contribution in [2.75, 3.05) is 11.9 Å². The van der Waals surface area contributed by atoms with E-state index in [4.69, 9.17) is 0 Å². The molecule has 8 nitrogen and oxygen atoms in total. The maximum Gasteiger partial charge on any atom is 0.311 e. The molecule has 2 aromatic rings. The van der Waals surface area contributed by atoms with Crippen molar-refractivity contribution in [2.24, 2.45) is 7.05 Å². The van der Waals surface area contributed by atoms with Crippen LogP contribution in [0.2, 0.25) is 0 Å². The van der Waals surface area contributed by atoms with Gasteiger partial charge < -0.3 is 5.32 Å². The van der Waals surface area contributed by atoms with Crippen LogP contribution in [0.1, 0.15) is 5.82 Å². The van der Waals surface area contributed by atoms with Crippen LogP contribution in [0.25, 0.3) is 0 Å². The average molecular weight is 248 g/mol. The summed E-state index contributed by atoms with van der Waals surface area (Å²) in [6, 6.07) is 2.94. The highest BCUT2D eigenvalue weighted by Gasteiger charge is 2.13. The fraction of sp³-hybridized carbons (Fsp3) is 0.300. The summed E-state index contributed by atoms with van der Waals surface area (Å²) in [7, 11) is 1.79. The van der Waals surface area contributed by atoms with Crippen molar-refractivity contribution in [2.45, 2.75) is 6.42 Å². The van der Waals surface area contributed by atoms with Gasteiger partial charge in [0.05, 0.1) is 4.92 Å². The van der Waals surface area contributed by atoms with Gasteiger partial charge in [0, 0.05) is 32.3 Å². The Hall–Kier alpha value is -2.51. The molecular formula is C10H12N6O2. The summed E-state index contributed by atoms with van der Waals surface area (Å²) < 4.78 is 1.61. The third-order valence-corrected chi connectivity index (χ3v) is 2.27. The maximum absolute atomic E-state index is 10.8. The lowest BCUT2D eigenvalue weighted by atomic mass is 10.3. The van der Waals surface area contributed by atoms with Gasteiger partial charge in [-0.15, -0.1) is 0 Å². The van der Waals surface area contributed by atoms with Crippen LogP contribution in [0.3, 0.4) is 0 Å². The number of nitro groups is 1. The molecule has 0 bridgehead atoms. The lowest BCUT2D eigenvalue weighted by Crippen LogP contribution is -2.09. The van der Waals surface area contributed by atoms with Crippen LogP contribution in [0.5, 0.6) is 0 Å². The van der Waals surface area contributed by atoms with Gasteiger partial charge in [-0.3, -0.25) is 14.8 Å². The molecule has 2 heterocycles. The summed E-state index contributed by atoms with van der Waals surface area (Å²) in [5.74, 6) is 0.946. The number of aromatic nitrogens is 4. The van der Waals surface area contributed by atoms with Crippen molar-refractivity contribution in [1.82, 2.24) is 19.7 Å². The minimum Gasteiger partial charge on any atom is -0.364 e. The highest BCUT2D eigenvalue weighted by Crippen LogP contribution is 2.19. The molecule has 0 radical (unpaired) electrons. The Bertz CT molecular complexity index is 553. The van der Waals surface area contributed by atoms with Gasteiger partial charge in [-0.1, -0.05) is 0 Å². The van der Waals surface area contributed by atoms with E-state index in [1.165, 1.54) is 18.3 Å². The van der Waals surface area contributed by atoms with Crippen LogP contribution in [0.4, 0.5) is 11.5 Å². The minimum atomic E-state index is -0.464. The lowest BCUT2D eigenvalue weighted by molar-refractivity contribution is -0.384. The monoisotopic (exact) mass is 248 g/mol. The first kappa shape index (κ1) is 12.0. The molecule has 8 heteroatoms. The average Bonchev–Trinajstić information content (AvgIpc) is 2.75. The van der Waals surface area contributed by atoms with Crippen molar-refractivity contribution < 1.29 is 4.92 Å². The van der Waals surface area contributed by atoms with Crippen LogP contribution < -0.4 is 5.32 Å². The number of pyridine rings is 1. The van der Waals surface area contributed by atoms with Crippen LogP contribution in [0, 0.1) is 10.1 Å². The Labute approximate surface area is 103 Å². The molecule has 0 atom stereocenters. The van der Waals surface area contributed by atoms with Gasteiger partial charge in [0.15, 0.2) is 5.82 Å². The van der Waals surface area contributed by atoms with E-state index in [2.05, 4.69) is 20.4 Å². The van der Waals surface area contributed by atoms with E-state index >= 15 is 0 Å². The van der Waals surface area contributed by atoms with E-state index in [0.717, 1.165) is 0 Å². The standard InChI is InChI=1S/C10H12N6O2/c1-15-7-13-9(14-15)4-6-12-10-8(16(17)18)3-2-5-11-10/h2-3,5,7H,4,6H2,1H3,(H,11,12). The minimum absolute atomic E-state index is 0.0357. The molecule has 94 valence electrons. The Balaban J connectivity index is 1.96. The summed E-state index contributed by atoms with van der Waals surface area (Å²) in [5.41, 5.74) is -0.0357. The molecule has 0 spiro atoms. The van der Waals surface area contributed by atoms with Gasteiger partial charge in [-0.05, 0) is 6.07 Å². The molecular weight excluding hydrogens is 236 g/mol. The number of anilines is 1. The second kappa shape index (κ2) is 5.21. The number of nitrogens with one attached hydrogen (secondary N) is 1. The van der Waals surface area contributed by atoms with Crippen LogP contribution in [-0.2, 0) is 13.5 Å². The summed E-state index contributed by atoms with van der Waals surface area (Å²) >= 11 is 0. The molecule has 0 unspecified atom stereocenters. The molecule has 0 aliphatic heterocycles. The first-order valence-electron chi connectivity index (χ1n) is 5.34. The van der Waals surface area contributed by atoms with Crippen LogP contribution >= 0.6 is 0 Å². The Morgan fingerprint density at radius 3 is 3.00 bits per heavy atom. The maximum atomic E-state index is 10.8. The first-order valence-corrected chi connectivity index (χ1v) is 5.34. The topological polar surface area (TPSA) is 98.8 Å². The van der Waals surface area contributed by atoms with Crippen molar-refractivity contribution >= 4 is 11.5 Å². The second-order valence-corrected chi connectivity index (χ2v) is 3.64. The molecule has 0 aliphatic carbocycles. The fourth-order valence-electron chi connectivity index (χ4n) is 1.47. The quantitative estimate of drug-likeness (QED) is 0.620. The molecule has 0 saturated heterocycles. The van der Waals surface area contributed by atoms with Crippen molar-refractivity contribution in [1.29, 1.82) is 0 Å². The third kappa shape index (κ3) is 2.78. The normalized spacial score (nSPS) is 10.3. The zero-order valence-corrected chi connectivity index (χ0v) is 9.78. The zero-order valence-electron chi connectivity index (χ0n) is 9.78. The highest BCUT2D eigenvalue weighted by atomic mass is 16.6. The third-order valence-electron chi connectivity index (χ3n) is 2.27. The van der Waals surface area contributed by atoms with Crippen molar-refractivity contribution in [3.63, 3.8) is 0 Å². The van der Waals surface area contributed by atoms with E-state index in [1.807, 2.05) is 0 Å². The van der Waals surface area contributed by atoms with E-state index in [-0.39, 0.29) is 11.5 Å². The van der Waals surface area contributed by atoms with Gasteiger partial charge in [-0.25, -0.2) is 9.97 Å². The number of hydrogen-bond acceptors (Lipinski definition) is 6. The van der Waals surface area contributed by atoms with Gasteiger partial charge in [0.25, 0.3) is 0 Å². The molecule has 1 N–H and O–H groups in total. The van der Waals surface area contributed by atoms with Gasteiger partial charge >= 0.3 is 5.69 Å². The Kier molecular flexibility index (Phi) is 3.46. The Morgan fingerprint density at radius 2 is 2.33 bits per heavy atom. The predicted molar refractivity (Wildman–Crippen MR) is 64.1 cm³/mol. The predicted octanol–water partition coefficient (Wildman–Crippen LogP) is 0.773. The van der Waals surface area contributed by atoms with E-state index < -0.39 is 4.92 Å². The van der Waals surface area contributed by atoms with E-state index in [1.54, 1.807) is 18.1 Å². The van der Waals surface area contributed by atoms with E-state index in [9.17, 15) is 10.1 Å². The molecule has 0 saturated carbocycles. The van der Waals surface area contributed by atoms with E-state index in [0.29, 0.717) is 18.8 Å². The van der Waals surface area contributed by atoms with Crippen molar-refractivity contribution in [3.05, 3.63) is 40.6 Å². The van der Waals surface area contributed by atoms with Gasteiger partial charge in [-0.2, -0.15) is 5.10 Å².